The molecule has 0 aliphatic heterocycles. The average Bonchev–Trinajstić information content (AvgIpc) is 3.18. The van der Waals surface area contributed by atoms with Crippen LogP contribution in [-0.2, 0) is 18.3 Å². The van der Waals surface area contributed by atoms with Crippen molar-refractivity contribution in [3.63, 3.8) is 0 Å². The van der Waals surface area contributed by atoms with Gasteiger partial charge in [0, 0.05) is 18.3 Å². The van der Waals surface area contributed by atoms with Gasteiger partial charge in [-0.15, -0.1) is 10.2 Å². The third-order valence-corrected chi connectivity index (χ3v) is 5.95. The SMILES string of the molecule is CCc1ccc(NC(=O)CSc2nnc([C@H](C)NC(=O)c3ccc(OC)cc3)n2C)cc1. The van der Waals surface area contributed by atoms with Crippen LogP contribution in [0.3, 0.4) is 0 Å². The Morgan fingerprint density at radius 2 is 1.78 bits per heavy atom. The maximum atomic E-state index is 12.5. The van der Waals surface area contributed by atoms with Gasteiger partial charge in [0.2, 0.25) is 5.91 Å². The minimum Gasteiger partial charge on any atom is -0.497 e. The highest BCUT2D eigenvalue weighted by Gasteiger charge is 2.19. The van der Waals surface area contributed by atoms with Crippen molar-refractivity contribution < 1.29 is 14.3 Å². The van der Waals surface area contributed by atoms with E-state index in [1.165, 1.54) is 17.3 Å². The Bertz CT molecular complexity index is 1060. The molecule has 0 fully saturated rings. The zero-order valence-electron chi connectivity index (χ0n) is 18.6. The number of anilines is 1. The van der Waals surface area contributed by atoms with Gasteiger partial charge in [-0.25, -0.2) is 0 Å². The normalized spacial score (nSPS) is 11.6. The topological polar surface area (TPSA) is 98.1 Å². The second-order valence-corrected chi connectivity index (χ2v) is 8.15. The van der Waals surface area contributed by atoms with Crippen LogP contribution in [0.5, 0.6) is 5.75 Å². The molecule has 9 heteroatoms. The van der Waals surface area contributed by atoms with E-state index < -0.39 is 0 Å². The summed E-state index contributed by atoms with van der Waals surface area (Å²) in [6.45, 7) is 3.93. The number of benzene rings is 2. The predicted molar refractivity (Wildman–Crippen MR) is 125 cm³/mol. The summed E-state index contributed by atoms with van der Waals surface area (Å²) in [6.07, 6.45) is 0.956. The Morgan fingerprint density at radius 3 is 2.41 bits per heavy atom. The van der Waals surface area contributed by atoms with Gasteiger partial charge in [-0.2, -0.15) is 0 Å². The Kier molecular flexibility index (Phi) is 7.88. The smallest absolute Gasteiger partial charge is 0.251 e. The van der Waals surface area contributed by atoms with Crippen molar-refractivity contribution in [1.82, 2.24) is 20.1 Å². The molecule has 0 aliphatic rings. The van der Waals surface area contributed by atoms with Gasteiger partial charge >= 0.3 is 0 Å². The van der Waals surface area contributed by atoms with Crippen LogP contribution in [0.4, 0.5) is 5.69 Å². The highest BCUT2D eigenvalue weighted by atomic mass is 32.2. The summed E-state index contributed by atoms with van der Waals surface area (Å²) in [5.41, 5.74) is 2.51. The monoisotopic (exact) mass is 453 g/mol. The Balaban J connectivity index is 1.55. The minimum atomic E-state index is -0.359. The summed E-state index contributed by atoms with van der Waals surface area (Å²) in [5.74, 6) is 1.15. The molecular formula is C23H27N5O3S. The number of nitrogens with zero attached hydrogens (tertiary/aromatic N) is 3. The second-order valence-electron chi connectivity index (χ2n) is 7.21. The number of aryl methyl sites for hydroxylation is 1. The van der Waals surface area contributed by atoms with E-state index in [2.05, 4.69) is 27.8 Å². The molecule has 168 valence electrons. The number of hydrogen-bond donors (Lipinski definition) is 2. The summed E-state index contributed by atoms with van der Waals surface area (Å²) in [5, 5.41) is 14.8. The van der Waals surface area contributed by atoms with Gasteiger partial charge in [0.1, 0.15) is 5.75 Å². The van der Waals surface area contributed by atoms with E-state index in [0.29, 0.717) is 22.3 Å². The molecular weight excluding hydrogens is 426 g/mol. The molecule has 0 spiro atoms. The van der Waals surface area contributed by atoms with E-state index in [1.807, 2.05) is 38.2 Å². The highest BCUT2D eigenvalue weighted by Crippen LogP contribution is 2.20. The summed E-state index contributed by atoms with van der Waals surface area (Å²) in [4.78, 5) is 24.8. The molecule has 32 heavy (non-hydrogen) atoms. The van der Waals surface area contributed by atoms with Gasteiger partial charge in [-0.3, -0.25) is 9.59 Å². The molecule has 3 rings (SSSR count). The molecule has 0 aliphatic carbocycles. The van der Waals surface area contributed by atoms with Gasteiger partial charge in [0.05, 0.1) is 18.9 Å². The summed E-state index contributed by atoms with van der Waals surface area (Å²) in [6, 6.07) is 14.3. The van der Waals surface area contributed by atoms with Crippen LogP contribution in [0, 0.1) is 0 Å². The Morgan fingerprint density at radius 1 is 1.09 bits per heavy atom. The highest BCUT2D eigenvalue weighted by molar-refractivity contribution is 7.99. The van der Waals surface area contributed by atoms with Crippen LogP contribution < -0.4 is 15.4 Å². The van der Waals surface area contributed by atoms with E-state index >= 15 is 0 Å². The summed E-state index contributed by atoms with van der Waals surface area (Å²) in [7, 11) is 3.39. The summed E-state index contributed by atoms with van der Waals surface area (Å²) >= 11 is 1.29. The number of amides is 2. The van der Waals surface area contributed by atoms with E-state index in [-0.39, 0.29) is 23.6 Å². The maximum Gasteiger partial charge on any atom is 0.251 e. The zero-order valence-corrected chi connectivity index (χ0v) is 19.4. The van der Waals surface area contributed by atoms with Gasteiger partial charge in [0.15, 0.2) is 11.0 Å². The molecule has 2 aromatic carbocycles. The number of carbonyl (C=O) groups is 2. The lowest BCUT2D eigenvalue weighted by Crippen LogP contribution is -2.28. The zero-order chi connectivity index (χ0) is 23.1. The van der Waals surface area contributed by atoms with Crippen molar-refractivity contribution in [3.8, 4) is 5.75 Å². The summed E-state index contributed by atoms with van der Waals surface area (Å²) < 4.78 is 6.90. The van der Waals surface area contributed by atoms with Crippen molar-refractivity contribution in [1.29, 1.82) is 0 Å². The van der Waals surface area contributed by atoms with Gasteiger partial charge < -0.3 is 19.9 Å². The van der Waals surface area contributed by atoms with Crippen molar-refractivity contribution in [2.75, 3.05) is 18.2 Å². The molecule has 8 nitrogen and oxygen atoms in total. The quantitative estimate of drug-likeness (QED) is 0.481. The number of thioether (sulfide) groups is 1. The van der Waals surface area contributed by atoms with Crippen LogP contribution in [0.1, 0.15) is 41.6 Å². The third-order valence-electron chi connectivity index (χ3n) is 4.93. The van der Waals surface area contributed by atoms with Gasteiger partial charge in [0.25, 0.3) is 5.91 Å². The molecule has 2 N–H and O–H groups in total. The number of hydrogen-bond acceptors (Lipinski definition) is 6. The molecule has 1 heterocycles. The molecule has 0 unspecified atom stereocenters. The van der Waals surface area contributed by atoms with Crippen LogP contribution >= 0.6 is 11.8 Å². The fourth-order valence-electron chi connectivity index (χ4n) is 3.07. The molecule has 0 radical (unpaired) electrons. The van der Waals surface area contributed by atoms with E-state index in [0.717, 1.165) is 12.1 Å². The number of methoxy groups -OCH3 is 1. The van der Waals surface area contributed by atoms with E-state index in [4.69, 9.17) is 4.74 Å². The minimum absolute atomic E-state index is 0.121. The molecule has 2 amide bonds. The molecule has 1 aromatic heterocycles. The molecule has 0 saturated heterocycles. The van der Waals surface area contributed by atoms with Crippen molar-refractivity contribution in [2.45, 2.75) is 31.5 Å². The lowest BCUT2D eigenvalue weighted by Gasteiger charge is -2.14. The Labute approximate surface area is 191 Å². The van der Waals surface area contributed by atoms with Crippen LogP contribution in [-0.4, -0.2) is 39.4 Å². The van der Waals surface area contributed by atoms with Crippen LogP contribution in [0.25, 0.3) is 0 Å². The average molecular weight is 454 g/mol. The first-order valence-corrected chi connectivity index (χ1v) is 11.3. The number of carbonyl (C=O) groups excluding carboxylic acids is 2. The maximum absolute atomic E-state index is 12.5. The van der Waals surface area contributed by atoms with Gasteiger partial charge in [-0.05, 0) is 55.3 Å². The van der Waals surface area contributed by atoms with Crippen molar-refractivity contribution in [3.05, 3.63) is 65.5 Å². The second kappa shape index (κ2) is 10.8. The lowest BCUT2D eigenvalue weighted by molar-refractivity contribution is -0.113. The molecule has 0 saturated carbocycles. The standard InChI is InChI=1S/C23H27N5O3S/c1-5-16-6-10-18(11-7-16)25-20(29)14-32-23-27-26-21(28(23)3)15(2)24-22(30)17-8-12-19(31-4)13-9-17/h6-13,15H,5,14H2,1-4H3,(H,24,30)(H,25,29)/t15-/m0/s1. The third kappa shape index (κ3) is 5.88. The molecule has 1 atom stereocenters. The van der Waals surface area contributed by atoms with Crippen LogP contribution in [0.15, 0.2) is 53.7 Å². The van der Waals surface area contributed by atoms with Crippen LogP contribution in [0.2, 0.25) is 0 Å². The lowest BCUT2D eigenvalue weighted by atomic mass is 10.1. The van der Waals surface area contributed by atoms with Crippen molar-refractivity contribution in [2.24, 2.45) is 7.05 Å². The first-order chi connectivity index (χ1) is 15.4. The molecule has 3 aromatic rings. The number of aromatic nitrogens is 3. The number of rotatable bonds is 9. The number of ether oxygens (including phenoxy) is 1. The van der Waals surface area contributed by atoms with Gasteiger partial charge in [-0.1, -0.05) is 30.8 Å². The predicted octanol–water partition coefficient (Wildman–Crippen LogP) is 3.61. The Hall–Kier alpha value is -3.33. The number of nitrogens with one attached hydrogen (secondary N) is 2. The van der Waals surface area contributed by atoms with Crippen molar-refractivity contribution >= 4 is 29.3 Å². The first kappa shape index (κ1) is 23.3. The first-order valence-electron chi connectivity index (χ1n) is 10.3. The fraction of sp³-hybridized carbons (Fsp3) is 0.304. The fourth-order valence-corrected chi connectivity index (χ4v) is 3.78. The van der Waals surface area contributed by atoms with E-state index in [1.54, 1.807) is 35.9 Å². The largest absolute Gasteiger partial charge is 0.497 e. The van der Waals surface area contributed by atoms with E-state index in [9.17, 15) is 9.59 Å². The molecule has 0 bridgehead atoms.